The molecule has 2 heterocycles. The van der Waals surface area contributed by atoms with Crippen LogP contribution < -0.4 is 4.74 Å². The number of aromatic nitrogens is 1. The van der Waals surface area contributed by atoms with E-state index in [1.54, 1.807) is 18.2 Å². The fourth-order valence-electron chi connectivity index (χ4n) is 3.45. The zero-order valence-corrected chi connectivity index (χ0v) is 18.1. The molecule has 1 aromatic heterocycles. The van der Waals surface area contributed by atoms with Gasteiger partial charge in [0.1, 0.15) is 5.75 Å². The molecule has 0 radical (unpaired) electrons. The molecule has 1 aliphatic rings. The summed E-state index contributed by atoms with van der Waals surface area (Å²) in [5.74, 6) is -0.697. The van der Waals surface area contributed by atoms with Crippen molar-refractivity contribution >= 4 is 38.5 Å². The minimum Gasteiger partial charge on any atom is -0.495 e. The van der Waals surface area contributed by atoms with Crippen LogP contribution in [0.25, 0.3) is 22.2 Å². The number of rotatable bonds is 5. The molecule has 1 N–H and O–H groups in total. The highest BCUT2D eigenvalue weighted by molar-refractivity contribution is 7.89. The summed E-state index contributed by atoms with van der Waals surface area (Å²) in [7, 11) is -2.27. The monoisotopic (exact) mass is 462 g/mol. The summed E-state index contributed by atoms with van der Waals surface area (Å²) in [6.45, 7) is 1.15. The molecule has 1 aliphatic heterocycles. The normalized spacial score (nSPS) is 15.2. The van der Waals surface area contributed by atoms with Gasteiger partial charge in [0, 0.05) is 24.0 Å². The number of carboxylic acid groups (broad SMARTS) is 1. The van der Waals surface area contributed by atoms with Crippen molar-refractivity contribution in [1.29, 1.82) is 0 Å². The van der Waals surface area contributed by atoms with E-state index in [1.807, 2.05) is 0 Å². The number of aromatic carboxylic acids is 1. The Kier molecular flexibility index (Phi) is 5.85. The molecule has 0 atom stereocenters. The highest BCUT2D eigenvalue weighted by Gasteiger charge is 2.27. The van der Waals surface area contributed by atoms with Gasteiger partial charge in [-0.15, -0.1) is 0 Å². The summed E-state index contributed by atoms with van der Waals surface area (Å²) in [6.07, 6.45) is 0. The van der Waals surface area contributed by atoms with E-state index in [2.05, 4.69) is 4.98 Å². The molecule has 1 saturated heterocycles. The van der Waals surface area contributed by atoms with Crippen LogP contribution >= 0.6 is 11.6 Å². The maximum atomic E-state index is 13.0. The lowest BCUT2D eigenvalue weighted by molar-refractivity contribution is 0.0699. The number of nitrogens with zero attached hydrogens (tertiary/aromatic N) is 2. The predicted molar refractivity (Wildman–Crippen MR) is 115 cm³/mol. The largest absolute Gasteiger partial charge is 0.495 e. The highest BCUT2D eigenvalue weighted by Crippen LogP contribution is 2.32. The standard InChI is InChI=1S/C21H19ClN2O6S/c1-29-20-5-2-13(10-17(20)22)19-12-16(21(25)26)15-11-14(3-4-18(15)23-19)31(27,28)24-6-8-30-9-7-24/h2-5,10-12H,6-9H2,1H3,(H,25,26). The van der Waals surface area contributed by atoms with E-state index in [9.17, 15) is 18.3 Å². The fourth-order valence-corrected chi connectivity index (χ4v) is 5.14. The molecule has 10 heteroatoms. The third kappa shape index (κ3) is 4.09. The van der Waals surface area contributed by atoms with Gasteiger partial charge in [0.25, 0.3) is 0 Å². The van der Waals surface area contributed by atoms with Crippen molar-refractivity contribution in [2.75, 3.05) is 33.4 Å². The van der Waals surface area contributed by atoms with Crippen molar-refractivity contribution in [3.05, 3.63) is 53.1 Å². The van der Waals surface area contributed by atoms with Crippen LogP contribution in [-0.4, -0.2) is 62.2 Å². The van der Waals surface area contributed by atoms with Crippen LogP contribution in [-0.2, 0) is 14.8 Å². The molecule has 0 bridgehead atoms. The molecule has 2 aromatic carbocycles. The number of benzene rings is 2. The molecule has 0 spiro atoms. The first-order chi connectivity index (χ1) is 14.8. The van der Waals surface area contributed by atoms with Gasteiger partial charge in [0.05, 0.1) is 47.0 Å². The van der Waals surface area contributed by atoms with Crippen molar-refractivity contribution in [2.45, 2.75) is 4.90 Å². The Labute approximate surface area is 184 Å². The van der Waals surface area contributed by atoms with Crippen LogP contribution in [0.3, 0.4) is 0 Å². The maximum Gasteiger partial charge on any atom is 0.336 e. The van der Waals surface area contributed by atoms with E-state index in [1.165, 1.54) is 35.7 Å². The quantitative estimate of drug-likeness (QED) is 0.620. The lowest BCUT2D eigenvalue weighted by Crippen LogP contribution is -2.40. The van der Waals surface area contributed by atoms with Gasteiger partial charge in [0.15, 0.2) is 0 Å². The lowest BCUT2D eigenvalue weighted by Gasteiger charge is -2.26. The van der Waals surface area contributed by atoms with Crippen molar-refractivity contribution in [1.82, 2.24) is 9.29 Å². The number of hydrogen-bond acceptors (Lipinski definition) is 6. The van der Waals surface area contributed by atoms with Crippen molar-refractivity contribution in [3.63, 3.8) is 0 Å². The molecular formula is C21H19ClN2O6S. The minimum absolute atomic E-state index is 0.0199. The van der Waals surface area contributed by atoms with Crippen LogP contribution in [0.1, 0.15) is 10.4 Å². The first-order valence-electron chi connectivity index (χ1n) is 9.41. The van der Waals surface area contributed by atoms with E-state index in [4.69, 9.17) is 21.1 Å². The number of pyridine rings is 1. The second-order valence-electron chi connectivity index (χ2n) is 6.90. The Bertz CT molecular complexity index is 1270. The molecule has 0 amide bonds. The molecule has 0 saturated carbocycles. The highest BCUT2D eigenvalue weighted by atomic mass is 35.5. The second-order valence-corrected chi connectivity index (χ2v) is 9.25. The third-order valence-corrected chi connectivity index (χ3v) is 7.26. The number of hydrogen-bond donors (Lipinski definition) is 1. The molecule has 0 aliphatic carbocycles. The van der Waals surface area contributed by atoms with Crippen LogP contribution in [0, 0.1) is 0 Å². The first kappa shape index (κ1) is 21.5. The van der Waals surface area contributed by atoms with Gasteiger partial charge in [-0.3, -0.25) is 0 Å². The zero-order chi connectivity index (χ0) is 22.2. The number of fused-ring (bicyclic) bond motifs is 1. The molecule has 3 aromatic rings. The third-order valence-electron chi connectivity index (χ3n) is 5.07. The number of ether oxygens (including phenoxy) is 2. The summed E-state index contributed by atoms with van der Waals surface area (Å²) >= 11 is 6.20. The first-order valence-corrected chi connectivity index (χ1v) is 11.2. The molecule has 4 rings (SSSR count). The molecule has 1 fully saturated rings. The predicted octanol–water partition coefficient (Wildman–Crippen LogP) is 3.28. The topological polar surface area (TPSA) is 106 Å². The summed E-state index contributed by atoms with van der Waals surface area (Å²) in [4.78, 5) is 16.5. The Morgan fingerprint density at radius 3 is 2.55 bits per heavy atom. The average Bonchev–Trinajstić information content (AvgIpc) is 2.78. The second kappa shape index (κ2) is 8.43. The zero-order valence-electron chi connectivity index (χ0n) is 16.5. The van der Waals surface area contributed by atoms with Crippen molar-refractivity contribution in [3.8, 4) is 17.0 Å². The van der Waals surface area contributed by atoms with Gasteiger partial charge in [-0.2, -0.15) is 4.31 Å². The summed E-state index contributed by atoms with van der Waals surface area (Å²) in [5.41, 5.74) is 1.33. The number of morpholine rings is 1. The van der Waals surface area contributed by atoms with Gasteiger partial charge >= 0.3 is 5.97 Å². The van der Waals surface area contributed by atoms with Gasteiger partial charge in [-0.1, -0.05) is 11.6 Å². The lowest BCUT2D eigenvalue weighted by atomic mass is 10.0. The van der Waals surface area contributed by atoms with Gasteiger partial charge in [0.2, 0.25) is 10.0 Å². The Hall–Kier alpha value is -2.72. The van der Waals surface area contributed by atoms with Gasteiger partial charge in [-0.25, -0.2) is 18.2 Å². The Morgan fingerprint density at radius 1 is 1.16 bits per heavy atom. The Balaban J connectivity index is 1.83. The van der Waals surface area contributed by atoms with Crippen LogP contribution in [0.4, 0.5) is 0 Å². The van der Waals surface area contributed by atoms with E-state index < -0.39 is 16.0 Å². The summed E-state index contributed by atoms with van der Waals surface area (Å²) < 4.78 is 37.6. The summed E-state index contributed by atoms with van der Waals surface area (Å²) in [6, 6.07) is 10.8. The van der Waals surface area contributed by atoms with Crippen molar-refractivity contribution in [2.24, 2.45) is 0 Å². The minimum atomic E-state index is -3.77. The molecule has 0 unspecified atom stereocenters. The van der Waals surface area contributed by atoms with E-state index in [0.29, 0.717) is 40.8 Å². The van der Waals surface area contributed by atoms with E-state index in [0.717, 1.165) is 0 Å². The summed E-state index contributed by atoms with van der Waals surface area (Å²) in [5, 5.41) is 10.4. The Morgan fingerprint density at radius 2 is 1.90 bits per heavy atom. The SMILES string of the molecule is COc1ccc(-c2cc(C(=O)O)c3cc(S(=O)(=O)N4CCOCC4)ccc3n2)cc1Cl. The smallest absolute Gasteiger partial charge is 0.336 e. The molecule has 8 nitrogen and oxygen atoms in total. The number of methoxy groups -OCH3 is 1. The maximum absolute atomic E-state index is 13.0. The van der Waals surface area contributed by atoms with Gasteiger partial charge in [-0.05, 0) is 42.5 Å². The van der Waals surface area contributed by atoms with E-state index >= 15 is 0 Å². The number of carboxylic acids is 1. The number of sulfonamides is 1. The van der Waals surface area contributed by atoms with Crippen LogP contribution in [0.15, 0.2) is 47.4 Å². The van der Waals surface area contributed by atoms with Crippen LogP contribution in [0.2, 0.25) is 5.02 Å². The number of halogens is 1. The van der Waals surface area contributed by atoms with Crippen molar-refractivity contribution < 1.29 is 27.8 Å². The molecule has 162 valence electrons. The molecular weight excluding hydrogens is 444 g/mol. The van der Waals surface area contributed by atoms with Crippen LogP contribution in [0.5, 0.6) is 5.75 Å². The van der Waals surface area contributed by atoms with Gasteiger partial charge < -0.3 is 14.6 Å². The van der Waals surface area contributed by atoms with E-state index in [-0.39, 0.29) is 28.9 Å². The number of carbonyl (C=O) groups is 1. The fraction of sp³-hybridized carbons (Fsp3) is 0.238. The molecule has 31 heavy (non-hydrogen) atoms. The average molecular weight is 463 g/mol.